The van der Waals surface area contributed by atoms with Gasteiger partial charge in [-0.15, -0.1) is 0 Å². The fourth-order valence-electron chi connectivity index (χ4n) is 1.89. The van der Waals surface area contributed by atoms with E-state index < -0.39 is 11.6 Å². The quantitative estimate of drug-likeness (QED) is 0.876. The molecule has 0 spiro atoms. The first-order chi connectivity index (χ1) is 9.95. The highest BCUT2D eigenvalue weighted by Gasteiger charge is 2.10. The molecular formula is C16H19F2NO2. The number of ether oxygens (including phenoxy) is 1. The number of furan rings is 1. The van der Waals surface area contributed by atoms with Crippen LogP contribution >= 0.6 is 0 Å². The molecule has 5 heteroatoms. The third-order valence-electron chi connectivity index (χ3n) is 3.04. The van der Waals surface area contributed by atoms with Crippen LogP contribution in [-0.4, -0.2) is 6.04 Å². The number of benzene rings is 1. The van der Waals surface area contributed by atoms with Crippen molar-refractivity contribution in [2.24, 2.45) is 0 Å². The van der Waals surface area contributed by atoms with Crippen LogP contribution in [0.15, 0.2) is 28.7 Å². The second-order valence-electron chi connectivity index (χ2n) is 5.19. The Labute approximate surface area is 122 Å². The average molecular weight is 295 g/mol. The molecule has 0 aliphatic heterocycles. The summed E-state index contributed by atoms with van der Waals surface area (Å²) in [6, 6.07) is 5.35. The topological polar surface area (TPSA) is 34.4 Å². The predicted molar refractivity (Wildman–Crippen MR) is 76.1 cm³/mol. The summed E-state index contributed by atoms with van der Waals surface area (Å²) in [5.41, 5.74) is 1.03. The number of rotatable bonds is 6. The molecule has 21 heavy (non-hydrogen) atoms. The summed E-state index contributed by atoms with van der Waals surface area (Å²) in [6.07, 6.45) is 0. The van der Waals surface area contributed by atoms with Crippen LogP contribution < -0.4 is 10.1 Å². The fraction of sp³-hybridized carbons (Fsp3) is 0.375. The van der Waals surface area contributed by atoms with Crippen molar-refractivity contribution in [3.8, 4) is 5.75 Å². The van der Waals surface area contributed by atoms with Gasteiger partial charge in [-0.25, -0.2) is 8.78 Å². The Kier molecular flexibility index (Phi) is 4.96. The molecule has 0 aliphatic rings. The van der Waals surface area contributed by atoms with Crippen LogP contribution in [-0.2, 0) is 13.2 Å². The van der Waals surface area contributed by atoms with E-state index in [-0.39, 0.29) is 12.4 Å². The third-order valence-corrected chi connectivity index (χ3v) is 3.04. The number of hydrogen-bond acceptors (Lipinski definition) is 3. The number of hydrogen-bond donors (Lipinski definition) is 1. The van der Waals surface area contributed by atoms with Gasteiger partial charge in [-0.1, -0.05) is 13.8 Å². The van der Waals surface area contributed by atoms with Gasteiger partial charge in [0.25, 0.3) is 0 Å². The Hall–Kier alpha value is -1.88. The zero-order valence-corrected chi connectivity index (χ0v) is 12.4. The first-order valence-electron chi connectivity index (χ1n) is 6.85. The van der Waals surface area contributed by atoms with E-state index in [0.717, 1.165) is 29.5 Å². The van der Waals surface area contributed by atoms with Gasteiger partial charge in [0, 0.05) is 24.2 Å². The molecule has 0 radical (unpaired) electrons. The van der Waals surface area contributed by atoms with Gasteiger partial charge in [-0.2, -0.15) is 0 Å². The molecule has 0 unspecified atom stereocenters. The number of aryl methyl sites for hydroxylation is 1. The zero-order valence-electron chi connectivity index (χ0n) is 12.4. The second-order valence-corrected chi connectivity index (χ2v) is 5.19. The molecule has 1 aromatic carbocycles. The Balaban J connectivity index is 2.00. The van der Waals surface area contributed by atoms with E-state index in [2.05, 4.69) is 19.2 Å². The SMILES string of the molecule is Cc1oc(COc2cc(F)ccc2F)cc1CNC(C)C. The summed E-state index contributed by atoms with van der Waals surface area (Å²) in [7, 11) is 0. The van der Waals surface area contributed by atoms with Crippen LogP contribution in [0.4, 0.5) is 8.78 Å². The van der Waals surface area contributed by atoms with Gasteiger partial charge in [-0.05, 0) is 25.1 Å². The fourth-order valence-corrected chi connectivity index (χ4v) is 1.89. The van der Waals surface area contributed by atoms with Gasteiger partial charge >= 0.3 is 0 Å². The zero-order chi connectivity index (χ0) is 15.4. The van der Waals surface area contributed by atoms with Crippen molar-refractivity contribution in [1.82, 2.24) is 5.32 Å². The lowest BCUT2D eigenvalue weighted by Crippen LogP contribution is -2.21. The van der Waals surface area contributed by atoms with E-state index in [0.29, 0.717) is 18.3 Å². The van der Waals surface area contributed by atoms with Crippen molar-refractivity contribution in [2.75, 3.05) is 0 Å². The van der Waals surface area contributed by atoms with Gasteiger partial charge in [0.15, 0.2) is 11.6 Å². The van der Waals surface area contributed by atoms with Crippen molar-refractivity contribution in [3.63, 3.8) is 0 Å². The maximum atomic E-state index is 13.4. The van der Waals surface area contributed by atoms with Crippen LogP contribution in [0.1, 0.15) is 30.9 Å². The van der Waals surface area contributed by atoms with E-state index in [1.54, 1.807) is 0 Å². The van der Waals surface area contributed by atoms with Crippen LogP contribution in [0, 0.1) is 18.6 Å². The van der Waals surface area contributed by atoms with Crippen LogP contribution in [0.25, 0.3) is 0 Å². The largest absolute Gasteiger partial charge is 0.482 e. The Morgan fingerprint density at radius 2 is 2.00 bits per heavy atom. The van der Waals surface area contributed by atoms with E-state index >= 15 is 0 Å². The van der Waals surface area contributed by atoms with E-state index in [9.17, 15) is 8.78 Å². The molecule has 0 bridgehead atoms. The third kappa shape index (κ3) is 4.29. The normalized spacial score (nSPS) is 11.1. The van der Waals surface area contributed by atoms with E-state index in [1.165, 1.54) is 0 Å². The number of nitrogens with one attached hydrogen (secondary N) is 1. The summed E-state index contributed by atoms with van der Waals surface area (Å²) in [6.45, 7) is 6.74. The molecule has 1 heterocycles. The molecule has 0 amide bonds. The smallest absolute Gasteiger partial charge is 0.165 e. The Morgan fingerprint density at radius 1 is 1.24 bits per heavy atom. The minimum atomic E-state index is -0.596. The van der Waals surface area contributed by atoms with Crippen molar-refractivity contribution >= 4 is 0 Å². The summed E-state index contributed by atoms with van der Waals surface area (Å²) >= 11 is 0. The molecule has 2 aromatic rings. The van der Waals surface area contributed by atoms with Gasteiger partial charge < -0.3 is 14.5 Å². The molecule has 3 nitrogen and oxygen atoms in total. The average Bonchev–Trinajstić information content (AvgIpc) is 2.78. The highest BCUT2D eigenvalue weighted by Crippen LogP contribution is 2.21. The highest BCUT2D eigenvalue weighted by molar-refractivity contribution is 5.26. The predicted octanol–water partition coefficient (Wildman–Crippen LogP) is 3.94. The Morgan fingerprint density at radius 3 is 2.71 bits per heavy atom. The standard InChI is InChI=1S/C16H19F2NO2/c1-10(2)19-8-12-6-14(21-11(12)3)9-20-16-7-13(17)4-5-15(16)18/h4-7,10,19H,8-9H2,1-3H3. The summed E-state index contributed by atoms with van der Waals surface area (Å²) in [5.74, 6) is 0.120. The second kappa shape index (κ2) is 6.72. The molecular weight excluding hydrogens is 276 g/mol. The number of halogens is 2. The lowest BCUT2D eigenvalue weighted by atomic mass is 10.2. The van der Waals surface area contributed by atoms with Crippen LogP contribution in [0.5, 0.6) is 5.75 Å². The Bertz CT molecular complexity index is 608. The molecule has 2 rings (SSSR count). The minimum Gasteiger partial charge on any atom is -0.482 e. The van der Waals surface area contributed by atoms with Crippen molar-refractivity contribution in [1.29, 1.82) is 0 Å². The molecule has 114 valence electrons. The van der Waals surface area contributed by atoms with Crippen molar-refractivity contribution in [3.05, 3.63) is 53.0 Å². The first kappa shape index (κ1) is 15.5. The van der Waals surface area contributed by atoms with Gasteiger partial charge in [-0.3, -0.25) is 0 Å². The maximum Gasteiger partial charge on any atom is 0.165 e. The molecule has 0 saturated heterocycles. The molecule has 0 fully saturated rings. The summed E-state index contributed by atoms with van der Waals surface area (Å²) < 4.78 is 37.3. The summed E-state index contributed by atoms with van der Waals surface area (Å²) in [4.78, 5) is 0. The summed E-state index contributed by atoms with van der Waals surface area (Å²) in [5, 5.41) is 3.30. The van der Waals surface area contributed by atoms with Crippen LogP contribution in [0.3, 0.4) is 0 Å². The highest BCUT2D eigenvalue weighted by atomic mass is 19.1. The first-order valence-corrected chi connectivity index (χ1v) is 6.85. The van der Waals surface area contributed by atoms with Gasteiger partial charge in [0.1, 0.15) is 23.9 Å². The molecule has 1 aromatic heterocycles. The van der Waals surface area contributed by atoms with Gasteiger partial charge in [0.2, 0.25) is 0 Å². The monoisotopic (exact) mass is 295 g/mol. The van der Waals surface area contributed by atoms with E-state index in [1.807, 2.05) is 13.0 Å². The molecule has 0 saturated carbocycles. The van der Waals surface area contributed by atoms with E-state index in [4.69, 9.17) is 9.15 Å². The lowest BCUT2D eigenvalue weighted by Gasteiger charge is -2.06. The minimum absolute atomic E-state index is 0.0584. The van der Waals surface area contributed by atoms with Crippen molar-refractivity contribution < 1.29 is 17.9 Å². The van der Waals surface area contributed by atoms with Gasteiger partial charge in [0.05, 0.1) is 0 Å². The van der Waals surface area contributed by atoms with Crippen LogP contribution in [0.2, 0.25) is 0 Å². The molecule has 0 aliphatic carbocycles. The maximum absolute atomic E-state index is 13.4. The molecule has 1 N–H and O–H groups in total. The lowest BCUT2D eigenvalue weighted by molar-refractivity contribution is 0.255. The molecule has 0 atom stereocenters. The van der Waals surface area contributed by atoms with Crippen molar-refractivity contribution in [2.45, 2.75) is 40.0 Å².